The van der Waals surface area contributed by atoms with Gasteiger partial charge < -0.3 is 0 Å². The molecule has 1 aliphatic heterocycles. The van der Waals surface area contributed by atoms with E-state index in [1.54, 1.807) is 0 Å². The second-order valence-corrected chi connectivity index (χ2v) is 5.11. The molecule has 2 rings (SSSR count). The summed E-state index contributed by atoms with van der Waals surface area (Å²) >= 11 is 0. The number of carbonyl (C=O) groups excluding carboxylic acids is 1. The molecule has 0 saturated carbocycles. The van der Waals surface area contributed by atoms with Gasteiger partial charge in [-0.15, -0.1) is 0 Å². The quantitative estimate of drug-likeness (QED) is 0.797. The average molecular weight is 231 g/mol. The second kappa shape index (κ2) is 5.01. The van der Waals surface area contributed by atoms with Gasteiger partial charge in [-0.3, -0.25) is 9.69 Å². The van der Waals surface area contributed by atoms with Crippen LogP contribution in [0.2, 0.25) is 0 Å². The summed E-state index contributed by atoms with van der Waals surface area (Å²) in [4.78, 5) is 14.5. The molecule has 0 radical (unpaired) electrons. The Labute approximate surface area is 104 Å². The number of benzene rings is 1. The molecule has 92 valence electrons. The Kier molecular flexibility index (Phi) is 3.63. The molecular formula is C15H21NO. The van der Waals surface area contributed by atoms with Gasteiger partial charge in [0, 0.05) is 12.5 Å². The number of fused-ring (bicyclic) bond motifs is 1. The zero-order chi connectivity index (χ0) is 12.4. The zero-order valence-electron chi connectivity index (χ0n) is 10.9. The fourth-order valence-electron chi connectivity index (χ4n) is 2.57. The Bertz CT molecular complexity index is 411. The lowest BCUT2D eigenvalue weighted by Gasteiger charge is -2.36. The van der Waals surface area contributed by atoms with Crippen molar-refractivity contribution < 1.29 is 4.79 Å². The SMILES string of the molecule is CCN1Cc2ccccc2CC1C(=O)C(C)C. The van der Waals surface area contributed by atoms with Crippen molar-refractivity contribution in [2.45, 2.75) is 39.8 Å². The third-order valence-electron chi connectivity index (χ3n) is 3.65. The van der Waals surface area contributed by atoms with E-state index in [2.05, 4.69) is 36.1 Å². The number of hydrogen-bond acceptors (Lipinski definition) is 2. The van der Waals surface area contributed by atoms with Crippen LogP contribution in [0.3, 0.4) is 0 Å². The Morgan fingerprint density at radius 3 is 2.59 bits per heavy atom. The first kappa shape index (κ1) is 12.3. The van der Waals surface area contributed by atoms with Crippen molar-refractivity contribution in [1.29, 1.82) is 0 Å². The van der Waals surface area contributed by atoms with Gasteiger partial charge in [-0.2, -0.15) is 0 Å². The van der Waals surface area contributed by atoms with Gasteiger partial charge in [0.25, 0.3) is 0 Å². The molecule has 1 heterocycles. The van der Waals surface area contributed by atoms with E-state index in [0.717, 1.165) is 19.5 Å². The van der Waals surface area contributed by atoms with Crippen LogP contribution < -0.4 is 0 Å². The van der Waals surface area contributed by atoms with Crippen LogP contribution in [-0.4, -0.2) is 23.3 Å². The van der Waals surface area contributed by atoms with Crippen molar-refractivity contribution in [2.75, 3.05) is 6.54 Å². The highest BCUT2D eigenvalue weighted by Crippen LogP contribution is 2.24. The number of likely N-dealkylation sites (N-methyl/N-ethyl adjacent to an activating group) is 1. The summed E-state index contributed by atoms with van der Waals surface area (Å²) in [6.45, 7) is 7.98. The molecular weight excluding hydrogens is 210 g/mol. The summed E-state index contributed by atoms with van der Waals surface area (Å²) in [5, 5.41) is 0. The lowest BCUT2D eigenvalue weighted by Crippen LogP contribution is -2.46. The first-order chi connectivity index (χ1) is 8.13. The van der Waals surface area contributed by atoms with Crippen molar-refractivity contribution in [3.05, 3.63) is 35.4 Å². The van der Waals surface area contributed by atoms with Crippen LogP contribution in [0.5, 0.6) is 0 Å². The minimum absolute atomic E-state index is 0.0786. The highest BCUT2D eigenvalue weighted by atomic mass is 16.1. The molecule has 0 saturated heterocycles. The highest BCUT2D eigenvalue weighted by Gasteiger charge is 2.31. The number of carbonyl (C=O) groups is 1. The van der Waals surface area contributed by atoms with Crippen molar-refractivity contribution in [2.24, 2.45) is 5.92 Å². The average Bonchev–Trinajstić information content (AvgIpc) is 2.36. The third kappa shape index (κ3) is 2.42. The normalized spacial score (nSPS) is 20.4. The van der Waals surface area contributed by atoms with Crippen LogP contribution in [0.4, 0.5) is 0 Å². The summed E-state index contributed by atoms with van der Waals surface area (Å²) in [7, 11) is 0. The molecule has 0 fully saturated rings. The van der Waals surface area contributed by atoms with Crippen molar-refractivity contribution >= 4 is 5.78 Å². The van der Waals surface area contributed by atoms with Gasteiger partial charge in [-0.1, -0.05) is 45.0 Å². The monoisotopic (exact) mass is 231 g/mol. The number of Topliss-reactive ketones (excluding diaryl/α,β-unsaturated/α-hetero) is 1. The molecule has 2 heteroatoms. The molecule has 0 amide bonds. The summed E-state index contributed by atoms with van der Waals surface area (Å²) < 4.78 is 0. The Balaban J connectivity index is 2.27. The van der Waals surface area contributed by atoms with Gasteiger partial charge >= 0.3 is 0 Å². The molecule has 0 N–H and O–H groups in total. The maximum absolute atomic E-state index is 12.2. The molecule has 0 aromatic heterocycles. The standard InChI is InChI=1S/C15H21NO/c1-4-16-10-13-8-6-5-7-12(13)9-14(16)15(17)11(2)3/h5-8,11,14H,4,9-10H2,1-3H3. The van der Waals surface area contributed by atoms with Crippen LogP contribution in [0.1, 0.15) is 31.9 Å². The lowest BCUT2D eigenvalue weighted by molar-refractivity contribution is -0.127. The minimum atomic E-state index is 0.0786. The fraction of sp³-hybridized carbons (Fsp3) is 0.533. The first-order valence-electron chi connectivity index (χ1n) is 6.48. The molecule has 1 aromatic carbocycles. The minimum Gasteiger partial charge on any atom is -0.298 e. The molecule has 0 aliphatic carbocycles. The van der Waals surface area contributed by atoms with Crippen LogP contribution in [0.25, 0.3) is 0 Å². The predicted molar refractivity (Wildman–Crippen MR) is 69.9 cm³/mol. The van der Waals surface area contributed by atoms with Crippen molar-refractivity contribution in [3.8, 4) is 0 Å². The van der Waals surface area contributed by atoms with E-state index in [1.807, 2.05) is 13.8 Å². The first-order valence-corrected chi connectivity index (χ1v) is 6.48. The Morgan fingerprint density at radius 1 is 1.35 bits per heavy atom. The molecule has 1 atom stereocenters. The zero-order valence-corrected chi connectivity index (χ0v) is 10.9. The van der Waals surface area contributed by atoms with Gasteiger partial charge in [-0.05, 0) is 24.1 Å². The molecule has 1 unspecified atom stereocenters. The van der Waals surface area contributed by atoms with E-state index in [0.29, 0.717) is 5.78 Å². The Morgan fingerprint density at radius 2 is 2.00 bits per heavy atom. The van der Waals surface area contributed by atoms with E-state index >= 15 is 0 Å². The number of ketones is 1. The van der Waals surface area contributed by atoms with Gasteiger partial charge in [-0.25, -0.2) is 0 Å². The van der Waals surface area contributed by atoms with Crippen LogP contribution >= 0.6 is 0 Å². The summed E-state index contributed by atoms with van der Waals surface area (Å²) in [6.07, 6.45) is 0.876. The third-order valence-corrected chi connectivity index (χ3v) is 3.65. The molecule has 1 aliphatic rings. The largest absolute Gasteiger partial charge is 0.298 e. The number of hydrogen-bond donors (Lipinski definition) is 0. The molecule has 1 aromatic rings. The maximum Gasteiger partial charge on any atom is 0.152 e. The van der Waals surface area contributed by atoms with Crippen molar-refractivity contribution in [1.82, 2.24) is 4.90 Å². The number of nitrogens with zero attached hydrogens (tertiary/aromatic N) is 1. The summed E-state index contributed by atoms with van der Waals surface area (Å²) in [5.74, 6) is 0.501. The van der Waals surface area contributed by atoms with E-state index in [1.165, 1.54) is 11.1 Å². The molecule has 17 heavy (non-hydrogen) atoms. The smallest absolute Gasteiger partial charge is 0.152 e. The summed E-state index contributed by atoms with van der Waals surface area (Å²) in [6, 6.07) is 8.56. The van der Waals surface area contributed by atoms with E-state index in [9.17, 15) is 4.79 Å². The summed E-state index contributed by atoms with van der Waals surface area (Å²) in [5.41, 5.74) is 2.72. The second-order valence-electron chi connectivity index (χ2n) is 5.11. The number of rotatable bonds is 3. The molecule has 0 bridgehead atoms. The van der Waals surface area contributed by atoms with E-state index < -0.39 is 0 Å². The molecule has 0 spiro atoms. The van der Waals surface area contributed by atoms with Crippen LogP contribution in [0, 0.1) is 5.92 Å². The van der Waals surface area contributed by atoms with Gasteiger partial charge in [0.15, 0.2) is 5.78 Å². The molecule has 2 nitrogen and oxygen atoms in total. The van der Waals surface area contributed by atoms with Gasteiger partial charge in [0.2, 0.25) is 0 Å². The predicted octanol–water partition coefficient (Wildman–Crippen LogP) is 2.66. The fourth-order valence-corrected chi connectivity index (χ4v) is 2.57. The van der Waals surface area contributed by atoms with Gasteiger partial charge in [0.05, 0.1) is 6.04 Å². The highest BCUT2D eigenvalue weighted by molar-refractivity contribution is 5.86. The van der Waals surface area contributed by atoms with E-state index in [-0.39, 0.29) is 12.0 Å². The Hall–Kier alpha value is -1.15. The van der Waals surface area contributed by atoms with Crippen molar-refractivity contribution in [3.63, 3.8) is 0 Å². The van der Waals surface area contributed by atoms with Gasteiger partial charge in [0.1, 0.15) is 0 Å². The van der Waals surface area contributed by atoms with Crippen LogP contribution in [-0.2, 0) is 17.8 Å². The van der Waals surface area contributed by atoms with E-state index in [4.69, 9.17) is 0 Å². The maximum atomic E-state index is 12.2. The lowest BCUT2D eigenvalue weighted by atomic mass is 9.88. The topological polar surface area (TPSA) is 20.3 Å². The van der Waals surface area contributed by atoms with Crippen LogP contribution in [0.15, 0.2) is 24.3 Å².